The summed E-state index contributed by atoms with van der Waals surface area (Å²) in [5.74, 6) is 0. The number of hydrogen-bond donors (Lipinski definition) is 0. The highest BCUT2D eigenvalue weighted by Crippen LogP contribution is 2.13. The van der Waals surface area contributed by atoms with Crippen molar-refractivity contribution in [1.29, 1.82) is 0 Å². The lowest BCUT2D eigenvalue weighted by molar-refractivity contribution is 0.0649. The van der Waals surface area contributed by atoms with Crippen LogP contribution in [0, 0.1) is 0 Å². The predicted molar refractivity (Wildman–Crippen MR) is 84.3 cm³/mol. The second kappa shape index (κ2) is 8.51. The highest BCUT2D eigenvalue weighted by atomic mass is 28.2. The number of ether oxygens (including phenoxy) is 1. The first-order valence-electron chi connectivity index (χ1n) is 7.68. The van der Waals surface area contributed by atoms with Crippen molar-refractivity contribution < 1.29 is 4.74 Å². The summed E-state index contributed by atoms with van der Waals surface area (Å²) < 4.78 is 5.83. The van der Waals surface area contributed by atoms with Crippen LogP contribution in [0.3, 0.4) is 0 Å². The minimum Gasteiger partial charge on any atom is -0.382 e. The predicted octanol–water partition coefficient (Wildman–Crippen LogP) is 2.62. The summed E-state index contributed by atoms with van der Waals surface area (Å²) in [4.78, 5) is 2.44. The fraction of sp³-hybridized carbons (Fsp3) is 0.625. The Kier molecular flexibility index (Phi) is 6.61. The van der Waals surface area contributed by atoms with Crippen molar-refractivity contribution in [3.8, 4) is 0 Å². The van der Waals surface area contributed by atoms with Gasteiger partial charge >= 0.3 is 0 Å². The number of hydrogen-bond acceptors (Lipinski definition) is 2. The lowest BCUT2D eigenvalue weighted by Crippen LogP contribution is -2.26. The zero-order valence-corrected chi connectivity index (χ0v) is 13.6. The number of nitrogens with zero attached hydrogens (tertiary/aromatic N) is 1. The number of benzene rings is 1. The summed E-state index contributed by atoms with van der Waals surface area (Å²) in [7, 11) is 2.23. The van der Waals surface area contributed by atoms with Crippen LogP contribution < -0.4 is 0 Å². The molecule has 0 N–H and O–H groups in total. The van der Waals surface area contributed by atoms with E-state index in [0.29, 0.717) is 5.73 Å². The average Bonchev–Trinajstić information content (AvgIpc) is 2.46. The van der Waals surface area contributed by atoms with Crippen molar-refractivity contribution in [3.05, 3.63) is 35.9 Å². The molecule has 1 saturated heterocycles. The first kappa shape index (κ1) is 14.8. The van der Waals surface area contributed by atoms with Gasteiger partial charge in [-0.05, 0) is 44.8 Å². The molecule has 1 unspecified atom stereocenters. The van der Waals surface area contributed by atoms with Crippen molar-refractivity contribution in [1.82, 2.24) is 4.90 Å². The Labute approximate surface area is 120 Å². The normalized spacial score (nSPS) is 20.4. The Morgan fingerprint density at radius 1 is 1.26 bits per heavy atom. The zero-order valence-electron chi connectivity index (χ0n) is 12.2. The van der Waals surface area contributed by atoms with E-state index in [9.17, 15) is 0 Å². The largest absolute Gasteiger partial charge is 0.382 e. The average molecular weight is 277 g/mol. The molecule has 3 heteroatoms. The molecule has 1 aliphatic heterocycles. The van der Waals surface area contributed by atoms with Crippen LogP contribution in [0.25, 0.3) is 0 Å². The molecule has 0 aromatic heterocycles. The first-order valence-corrected chi connectivity index (χ1v) is 9.50. The van der Waals surface area contributed by atoms with Gasteiger partial charge in [0.2, 0.25) is 0 Å². The lowest BCUT2D eigenvalue weighted by Gasteiger charge is -2.22. The maximum absolute atomic E-state index is 5.83. The maximum Gasteiger partial charge on any atom is 0.0556 e. The molecule has 19 heavy (non-hydrogen) atoms. The smallest absolute Gasteiger partial charge is 0.0556 e. The third-order valence-corrected chi connectivity index (χ3v) is 6.08. The minimum absolute atomic E-state index is 0.00322. The Hall–Kier alpha value is -0.643. The van der Waals surface area contributed by atoms with E-state index in [-0.39, 0.29) is 9.52 Å². The zero-order chi connectivity index (χ0) is 13.3. The summed E-state index contributed by atoms with van der Waals surface area (Å²) in [6.07, 6.45) is 5.36. The van der Waals surface area contributed by atoms with Crippen LogP contribution in [0.5, 0.6) is 0 Å². The molecule has 1 aromatic carbocycles. The molecule has 0 aliphatic carbocycles. The minimum atomic E-state index is 0.00322. The van der Waals surface area contributed by atoms with Crippen LogP contribution >= 0.6 is 0 Å². The van der Waals surface area contributed by atoms with Crippen molar-refractivity contribution >= 4 is 9.52 Å². The molecule has 1 fully saturated rings. The Morgan fingerprint density at radius 3 is 2.84 bits per heavy atom. The highest BCUT2D eigenvalue weighted by Gasteiger charge is 2.13. The molecule has 2 rings (SSSR count). The molecule has 0 radical (unpaired) electrons. The first-order chi connectivity index (χ1) is 9.34. The van der Waals surface area contributed by atoms with Crippen LogP contribution in [0.1, 0.15) is 31.2 Å². The summed E-state index contributed by atoms with van der Waals surface area (Å²) in [5, 5.41) is 0. The molecule has 0 spiro atoms. The van der Waals surface area contributed by atoms with E-state index in [1.165, 1.54) is 43.8 Å². The van der Waals surface area contributed by atoms with Crippen molar-refractivity contribution in [2.75, 3.05) is 20.2 Å². The van der Waals surface area contributed by atoms with Gasteiger partial charge in [0.15, 0.2) is 0 Å². The van der Waals surface area contributed by atoms with E-state index in [1.807, 2.05) is 0 Å². The second-order valence-corrected chi connectivity index (χ2v) is 7.90. The third kappa shape index (κ3) is 5.89. The molecular formula is C16H27NOSi. The molecule has 1 heterocycles. The van der Waals surface area contributed by atoms with E-state index < -0.39 is 0 Å². The van der Waals surface area contributed by atoms with Crippen molar-refractivity contribution in [3.63, 3.8) is 0 Å². The van der Waals surface area contributed by atoms with Gasteiger partial charge in [-0.3, -0.25) is 0 Å². The van der Waals surface area contributed by atoms with Crippen LogP contribution in [0.4, 0.5) is 0 Å². The van der Waals surface area contributed by atoms with Gasteiger partial charge in [0.1, 0.15) is 0 Å². The maximum atomic E-state index is 5.83. The highest BCUT2D eigenvalue weighted by molar-refractivity contribution is 6.37. The molecule has 1 aromatic rings. The van der Waals surface area contributed by atoms with Gasteiger partial charge in [0, 0.05) is 18.9 Å². The standard InChI is InChI=1S/C16H27NOSi/c1-17(14-15-8-3-2-4-9-15)11-7-13-19-16-10-5-6-12-18-16/h2-4,8-9,16H,5-7,10-14,19H2,1H3. The molecule has 0 amide bonds. The fourth-order valence-electron chi connectivity index (χ4n) is 2.76. The van der Waals surface area contributed by atoms with Crippen LogP contribution in [0.2, 0.25) is 6.04 Å². The van der Waals surface area contributed by atoms with Gasteiger partial charge in [0.25, 0.3) is 0 Å². The summed E-state index contributed by atoms with van der Waals surface area (Å²) in [6, 6.07) is 12.2. The van der Waals surface area contributed by atoms with Gasteiger partial charge in [-0.25, -0.2) is 0 Å². The van der Waals surface area contributed by atoms with Gasteiger partial charge in [-0.1, -0.05) is 36.4 Å². The fourth-order valence-corrected chi connectivity index (χ4v) is 4.64. The van der Waals surface area contributed by atoms with E-state index in [0.717, 1.165) is 13.2 Å². The SMILES string of the molecule is CN(CCC[SiH2]C1CCCCO1)Cc1ccccc1. The molecule has 2 nitrogen and oxygen atoms in total. The van der Waals surface area contributed by atoms with E-state index in [4.69, 9.17) is 4.74 Å². The molecule has 1 aliphatic rings. The summed E-state index contributed by atoms with van der Waals surface area (Å²) in [5.41, 5.74) is 2.10. The van der Waals surface area contributed by atoms with Crippen LogP contribution in [-0.2, 0) is 11.3 Å². The van der Waals surface area contributed by atoms with Crippen molar-refractivity contribution in [2.24, 2.45) is 0 Å². The third-order valence-electron chi connectivity index (χ3n) is 3.89. The Bertz CT molecular complexity index is 338. The van der Waals surface area contributed by atoms with E-state index in [1.54, 1.807) is 0 Å². The van der Waals surface area contributed by atoms with E-state index in [2.05, 4.69) is 42.3 Å². The molecule has 0 bridgehead atoms. The van der Waals surface area contributed by atoms with Gasteiger partial charge in [0.05, 0.1) is 9.52 Å². The Morgan fingerprint density at radius 2 is 2.11 bits per heavy atom. The monoisotopic (exact) mass is 277 g/mol. The summed E-state index contributed by atoms with van der Waals surface area (Å²) >= 11 is 0. The molecule has 106 valence electrons. The van der Waals surface area contributed by atoms with Crippen molar-refractivity contribution in [2.45, 2.75) is 44.0 Å². The topological polar surface area (TPSA) is 12.5 Å². The van der Waals surface area contributed by atoms with Gasteiger partial charge in [-0.15, -0.1) is 0 Å². The van der Waals surface area contributed by atoms with E-state index >= 15 is 0 Å². The lowest BCUT2D eigenvalue weighted by atomic mass is 10.2. The van der Waals surface area contributed by atoms with Crippen LogP contribution in [0.15, 0.2) is 30.3 Å². The van der Waals surface area contributed by atoms with Crippen LogP contribution in [-0.4, -0.2) is 40.3 Å². The Balaban J connectivity index is 1.55. The molecule has 1 atom stereocenters. The number of rotatable bonds is 7. The van der Waals surface area contributed by atoms with Gasteiger partial charge in [-0.2, -0.15) is 0 Å². The van der Waals surface area contributed by atoms with Gasteiger partial charge < -0.3 is 9.64 Å². The summed E-state index contributed by atoms with van der Waals surface area (Å²) in [6.45, 7) is 3.31. The second-order valence-electron chi connectivity index (χ2n) is 5.71. The quantitative estimate of drug-likeness (QED) is 0.561. The molecule has 0 saturated carbocycles. The molecular weight excluding hydrogens is 250 g/mol.